The highest BCUT2D eigenvalue weighted by molar-refractivity contribution is 5.71. The van der Waals surface area contributed by atoms with Gasteiger partial charge in [-0.3, -0.25) is 14.4 Å². The highest BCUT2D eigenvalue weighted by Crippen LogP contribution is 2.17. The maximum Gasteiger partial charge on any atom is 0.306 e. The smallest absolute Gasteiger partial charge is 0.306 e. The van der Waals surface area contributed by atoms with Crippen molar-refractivity contribution < 1.29 is 28.6 Å². The molecular formula is C69H124O6. The van der Waals surface area contributed by atoms with E-state index in [4.69, 9.17) is 14.2 Å². The Morgan fingerprint density at radius 1 is 0.280 bits per heavy atom. The van der Waals surface area contributed by atoms with Gasteiger partial charge in [-0.05, 0) is 83.5 Å². The Balaban J connectivity index is 4.10. The van der Waals surface area contributed by atoms with Crippen LogP contribution in [0.1, 0.15) is 342 Å². The maximum atomic E-state index is 12.9. The van der Waals surface area contributed by atoms with E-state index in [9.17, 15) is 14.4 Å². The minimum Gasteiger partial charge on any atom is -0.462 e. The van der Waals surface area contributed by atoms with Crippen LogP contribution in [0.25, 0.3) is 0 Å². The molecule has 0 amide bonds. The molecule has 0 radical (unpaired) electrons. The number of rotatable bonds is 60. The average Bonchev–Trinajstić information content (AvgIpc) is 3.41. The van der Waals surface area contributed by atoms with Crippen molar-refractivity contribution in [1.29, 1.82) is 0 Å². The second-order valence-electron chi connectivity index (χ2n) is 22.0. The van der Waals surface area contributed by atoms with Gasteiger partial charge in [-0.25, -0.2) is 0 Å². The van der Waals surface area contributed by atoms with Gasteiger partial charge in [-0.2, -0.15) is 0 Å². The molecule has 0 aliphatic carbocycles. The molecule has 0 fully saturated rings. The number of esters is 3. The van der Waals surface area contributed by atoms with Crippen molar-refractivity contribution in [2.45, 2.75) is 348 Å². The first-order valence-corrected chi connectivity index (χ1v) is 32.8. The van der Waals surface area contributed by atoms with E-state index in [0.717, 1.165) is 89.9 Å². The predicted octanol–water partition coefficient (Wildman–Crippen LogP) is 22.3. The molecule has 0 rings (SSSR count). The predicted molar refractivity (Wildman–Crippen MR) is 325 cm³/mol. The molecule has 0 aliphatic heterocycles. The second kappa shape index (κ2) is 63.6. The summed E-state index contributed by atoms with van der Waals surface area (Å²) < 4.78 is 16.9. The zero-order valence-corrected chi connectivity index (χ0v) is 50.1. The third-order valence-corrected chi connectivity index (χ3v) is 14.5. The summed E-state index contributed by atoms with van der Waals surface area (Å²) >= 11 is 0. The van der Waals surface area contributed by atoms with Gasteiger partial charge < -0.3 is 14.2 Å². The van der Waals surface area contributed by atoms with Gasteiger partial charge in [0.1, 0.15) is 13.2 Å². The standard InChI is InChI=1S/C69H124O6/c1-4-7-10-13-16-19-22-24-26-28-29-30-31-32-33-34-35-36-37-38-39-40-41-42-44-45-47-50-53-56-59-62-68(71)74-65-66(64-73-67(70)61-58-55-52-49-21-18-15-12-9-6-3)75-69(72)63-60-57-54-51-48-46-43-27-25-23-20-17-14-11-8-5-2/h7,10,16,19,24,26-27,29-30,43,66H,4-6,8-9,11-15,17-18,20-23,25,28,31-42,44-65H2,1-3H3/b10-7-,19-16-,26-24-,30-29-,43-27-. The zero-order chi connectivity index (χ0) is 54.3. The first kappa shape index (κ1) is 72.1. The molecule has 0 saturated heterocycles. The first-order valence-electron chi connectivity index (χ1n) is 32.8. The molecule has 436 valence electrons. The van der Waals surface area contributed by atoms with Gasteiger partial charge in [0.05, 0.1) is 0 Å². The molecule has 6 nitrogen and oxygen atoms in total. The minimum absolute atomic E-state index is 0.0720. The number of allylic oxidation sites excluding steroid dienone is 10. The van der Waals surface area contributed by atoms with Crippen LogP contribution >= 0.6 is 0 Å². The number of carbonyl (C=O) groups is 3. The summed E-state index contributed by atoms with van der Waals surface area (Å²) in [4.78, 5) is 38.2. The molecule has 1 unspecified atom stereocenters. The molecule has 0 aromatic rings. The summed E-state index contributed by atoms with van der Waals surface area (Å²) in [6, 6.07) is 0. The fourth-order valence-electron chi connectivity index (χ4n) is 9.61. The van der Waals surface area contributed by atoms with Crippen molar-refractivity contribution >= 4 is 17.9 Å². The van der Waals surface area contributed by atoms with E-state index in [1.165, 1.54) is 212 Å². The molecule has 0 spiro atoms. The van der Waals surface area contributed by atoms with Gasteiger partial charge in [-0.15, -0.1) is 0 Å². The van der Waals surface area contributed by atoms with Crippen LogP contribution in [0.15, 0.2) is 60.8 Å². The van der Waals surface area contributed by atoms with E-state index in [2.05, 4.69) is 81.5 Å². The van der Waals surface area contributed by atoms with E-state index >= 15 is 0 Å². The van der Waals surface area contributed by atoms with Crippen molar-refractivity contribution in [3.63, 3.8) is 0 Å². The molecule has 0 bridgehead atoms. The molecule has 0 saturated carbocycles. The molecule has 0 aromatic carbocycles. The Morgan fingerprint density at radius 2 is 0.520 bits per heavy atom. The molecule has 1 atom stereocenters. The van der Waals surface area contributed by atoms with E-state index in [1.807, 2.05) is 0 Å². The van der Waals surface area contributed by atoms with Crippen molar-refractivity contribution in [3.8, 4) is 0 Å². The van der Waals surface area contributed by atoms with Gasteiger partial charge in [0.2, 0.25) is 0 Å². The minimum atomic E-state index is -0.774. The van der Waals surface area contributed by atoms with Gasteiger partial charge in [0.15, 0.2) is 6.10 Å². The van der Waals surface area contributed by atoms with E-state index in [1.54, 1.807) is 0 Å². The van der Waals surface area contributed by atoms with Crippen LogP contribution in [-0.2, 0) is 28.6 Å². The molecule has 75 heavy (non-hydrogen) atoms. The Hall–Kier alpha value is -2.89. The SMILES string of the molecule is CC/C=C\C/C=C\C/C=C\C/C=C\CCCCCCCCCCCCCCCCCCCCC(=O)OCC(COC(=O)CCCCCCCCCCCC)OC(=O)CCCCCCC/C=C\CCCCCCCCC. The third-order valence-electron chi connectivity index (χ3n) is 14.5. The van der Waals surface area contributed by atoms with Crippen LogP contribution < -0.4 is 0 Å². The lowest BCUT2D eigenvalue weighted by atomic mass is 10.0. The highest BCUT2D eigenvalue weighted by Gasteiger charge is 2.19. The Labute approximate surface area is 466 Å². The Morgan fingerprint density at radius 3 is 0.827 bits per heavy atom. The summed E-state index contributed by atoms with van der Waals surface area (Å²) in [5.74, 6) is -0.863. The fraction of sp³-hybridized carbons (Fsp3) is 0.812. The van der Waals surface area contributed by atoms with Gasteiger partial charge >= 0.3 is 17.9 Å². The van der Waals surface area contributed by atoms with Crippen molar-refractivity contribution in [2.24, 2.45) is 0 Å². The summed E-state index contributed by atoms with van der Waals surface area (Å²) in [5, 5.41) is 0. The molecule has 0 heterocycles. The molecule has 6 heteroatoms. The second-order valence-corrected chi connectivity index (χ2v) is 22.0. The number of hydrogen-bond acceptors (Lipinski definition) is 6. The topological polar surface area (TPSA) is 78.9 Å². The summed E-state index contributed by atoms with van der Waals surface area (Å²) in [7, 11) is 0. The van der Waals surface area contributed by atoms with Crippen LogP contribution in [0.4, 0.5) is 0 Å². The van der Waals surface area contributed by atoms with Crippen LogP contribution in [0.3, 0.4) is 0 Å². The van der Waals surface area contributed by atoms with Crippen molar-refractivity contribution in [3.05, 3.63) is 60.8 Å². The normalized spacial score (nSPS) is 12.4. The van der Waals surface area contributed by atoms with Crippen LogP contribution in [-0.4, -0.2) is 37.2 Å². The van der Waals surface area contributed by atoms with Crippen molar-refractivity contribution in [1.82, 2.24) is 0 Å². The van der Waals surface area contributed by atoms with Crippen LogP contribution in [0, 0.1) is 0 Å². The molecular weight excluding hydrogens is 925 g/mol. The largest absolute Gasteiger partial charge is 0.462 e. The van der Waals surface area contributed by atoms with Crippen molar-refractivity contribution in [2.75, 3.05) is 13.2 Å². The van der Waals surface area contributed by atoms with Gasteiger partial charge in [-0.1, -0.05) is 300 Å². The quantitative estimate of drug-likeness (QED) is 0.0261. The average molecular weight is 1050 g/mol. The van der Waals surface area contributed by atoms with Crippen LogP contribution in [0.2, 0.25) is 0 Å². The van der Waals surface area contributed by atoms with Crippen LogP contribution in [0.5, 0.6) is 0 Å². The summed E-state index contributed by atoms with van der Waals surface area (Å²) in [5.41, 5.74) is 0. The first-order chi connectivity index (χ1) is 37.0. The zero-order valence-electron chi connectivity index (χ0n) is 50.1. The van der Waals surface area contributed by atoms with E-state index in [-0.39, 0.29) is 31.1 Å². The fourth-order valence-corrected chi connectivity index (χ4v) is 9.61. The van der Waals surface area contributed by atoms with Gasteiger partial charge in [0, 0.05) is 19.3 Å². The summed E-state index contributed by atoms with van der Waals surface area (Å²) in [6.45, 7) is 6.55. The number of ether oxygens (including phenoxy) is 3. The number of carbonyl (C=O) groups excluding carboxylic acids is 3. The van der Waals surface area contributed by atoms with E-state index < -0.39 is 6.10 Å². The molecule has 0 aromatic heterocycles. The lowest BCUT2D eigenvalue weighted by molar-refractivity contribution is -0.167. The van der Waals surface area contributed by atoms with E-state index in [0.29, 0.717) is 19.3 Å². The molecule has 0 N–H and O–H groups in total. The monoisotopic (exact) mass is 1050 g/mol. The maximum absolute atomic E-state index is 12.9. The Bertz CT molecular complexity index is 1340. The lowest BCUT2D eigenvalue weighted by Gasteiger charge is -2.18. The summed E-state index contributed by atoms with van der Waals surface area (Å²) in [6.07, 6.45) is 81.1. The Kier molecular flexibility index (Phi) is 61.2. The number of hydrogen-bond donors (Lipinski definition) is 0. The molecule has 0 aliphatic rings. The van der Waals surface area contributed by atoms with Gasteiger partial charge in [0.25, 0.3) is 0 Å². The lowest BCUT2D eigenvalue weighted by Crippen LogP contribution is -2.30. The number of unbranched alkanes of at least 4 members (excludes halogenated alkanes) is 39. The third kappa shape index (κ3) is 61.8. The highest BCUT2D eigenvalue weighted by atomic mass is 16.6.